The highest BCUT2D eigenvalue weighted by molar-refractivity contribution is 7.15. The summed E-state index contributed by atoms with van der Waals surface area (Å²) in [5.74, 6) is -0.801. The number of aromatic nitrogens is 4. The van der Waals surface area contributed by atoms with Crippen LogP contribution in [0.4, 0.5) is 9.52 Å². The highest BCUT2D eigenvalue weighted by Crippen LogP contribution is 2.28. The molecular formula is C17H19FN6O2S. The number of anilines is 1. The van der Waals surface area contributed by atoms with E-state index < -0.39 is 5.95 Å². The molecule has 1 saturated heterocycles. The average Bonchev–Trinajstić information content (AvgIpc) is 3.29. The molecule has 0 spiro atoms. The molecule has 0 radical (unpaired) electrons. The van der Waals surface area contributed by atoms with E-state index in [1.807, 2.05) is 12.3 Å². The number of carbonyl (C=O) groups is 1. The molecule has 142 valence electrons. The third kappa shape index (κ3) is 3.76. The maximum Gasteiger partial charge on any atom is 0.302 e. The number of thiazole rings is 1. The van der Waals surface area contributed by atoms with E-state index in [1.54, 1.807) is 16.8 Å². The lowest BCUT2D eigenvalue weighted by Crippen LogP contribution is -2.28. The fraction of sp³-hybridized carbons (Fsp3) is 0.412. The van der Waals surface area contributed by atoms with E-state index in [0.29, 0.717) is 24.0 Å². The Labute approximate surface area is 159 Å². The number of ether oxygens (including phenoxy) is 1. The van der Waals surface area contributed by atoms with E-state index in [2.05, 4.69) is 32.1 Å². The van der Waals surface area contributed by atoms with Crippen molar-refractivity contribution in [1.29, 1.82) is 0 Å². The molecule has 4 heterocycles. The van der Waals surface area contributed by atoms with Crippen LogP contribution >= 0.6 is 11.3 Å². The van der Waals surface area contributed by atoms with Gasteiger partial charge in [-0.1, -0.05) is 11.3 Å². The van der Waals surface area contributed by atoms with Gasteiger partial charge in [-0.3, -0.25) is 14.1 Å². The summed E-state index contributed by atoms with van der Waals surface area (Å²) in [6.45, 7) is 4.54. The van der Waals surface area contributed by atoms with Crippen LogP contribution in [0.15, 0.2) is 24.7 Å². The van der Waals surface area contributed by atoms with Crippen molar-refractivity contribution >= 4 is 28.0 Å². The molecule has 8 nitrogen and oxygen atoms in total. The van der Waals surface area contributed by atoms with E-state index in [-0.39, 0.29) is 23.2 Å². The molecule has 0 saturated carbocycles. The first-order valence-electron chi connectivity index (χ1n) is 8.61. The molecule has 0 aromatic carbocycles. The molecule has 0 unspecified atom stereocenters. The lowest BCUT2D eigenvalue weighted by Gasteiger charge is -2.19. The second-order valence-electron chi connectivity index (χ2n) is 6.55. The van der Waals surface area contributed by atoms with Crippen molar-refractivity contribution in [2.24, 2.45) is 0 Å². The van der Waals surface area contributed by atoms with Gasteiger partial charge in [-0.25, -0.2) is 9.97 Å². The van der Waals surface area contributed by atoms with Crippen molar-refractivity contribution in [2.75, 3.05) is 11.9 Å². The number of fused-ring (bicyclic) bond motifs is 1. The van der Waals surface area contributed by atoms with Crippen LogP contribution in [0.3, 0.4) is 0 Å². The summed E-state index contributed by atoms with van der Waals surface area (Å²) in [4.78, 5) is 26.1. The first-order valence-corrected chi connectivity index (χ1v) is 9.43. The Morgan fingerprint density at radius 1 is 1.44 bits per heavy atom. The van der Waals surface area contributed by atoms with Crippen LogP contribution in [0.5, 0.6) is 6.01 Å². The van der Waals surface area contributed by atoms with Gasteiger partial charge in [-0.2, -0.15) is 9.37 Å². The molecule has 3 aromatic heterocycles. The smallest absolute Gasteiger partial charge is 0.302 e. The minimum atomic E-state index is -0.537. The predicted octanol–water partition coefficient (Wildman–Crippen LogP) is 2.33. The molecule has 1 amide bonds. The molecule has 2 atom stereocenters. The van der Waals surface area contributed by atoms with Crippen molar-refractivity contribution in [3.8, 4) is 6.01 Å². The Kier molecular flexibility index (Phi) is 4.75. The number of halogens is 1. The first-order chi connectivity index (χ1) is 13.0. The summed E-state index contributed by atoms with van der Waals surface area (Å²) in [6, 6.07) is 2.54. The Hall–Kier alpha value is -2.59. The number of hydrogen-bond acceptors (Lipinski definition) is 7. The van der Waals surface area contributed by atoms with Gasteiger partial charge < -0.3 is 10.1 Å². The second kappa shape index (κ2) is 7.20. The van der Waals surface area contributed by atoms with Crippen LogP contribution in [-0.4, -0.2) is 48.9 Å². The number of imidazole rings is 1. The predicted molar refractivity (Wildman–Crippen MR) is 98.3 cm³/mol. The fourth-order valence-electron chi connectivity index (χ4n) is 3.24. The third-order valence-corrected chi connectivity index (χ3v) is 5.43. The van der Waals surface area contributed by atoms with Gasteiger partial charge in [-0.05, 0) is 13.0 Å². The maximum atomic E-state index is 14.1. The summed E-state index contributed by atoms with van der Waals surface area (Å²) >= 11 is 1.16. The number of rotatable bonds is 5. The molecule has 4 rings (SSSR count). The number of nitrogens with zero attached hydrogens (tertiary/aromatic N) is 5. The van der Waals surface area contributed by atoms with Crippen molar-refractivity contribution in [1.82, 2.24) is 24.3 Å². The van der Waals surface area contributed by atoms with Gasteiger partial charge in [0.2, 0.25) is 11.9 Å². The topological polar surface area (TPSA) is 84.7 Å². The number of nitrogens with one attached hydrogen (secondary N) is 1. The number of likely N-dealkylation sites (tertiary alicyclic amines) is 1. The van der Waals surface area contributed by atoms with Gasteiger partial charge in [0, 0.05) is 51.1 Å². The van der Waals surface area contributed by atoms with Crippen LogP contribution in [0.25, 0.3) is 5.65 Å². The molecule has 27 heavy (non-hydrogen) atoms. The minimum absolute atomic E-state index is 0.0497. The molecule has 10 heteroatoms. The quantitative estimate of drug-likeness (QED) is 0.720. The summed E-state index contributed by atoms with van der Waals surface area (Å²) < 4.78 is 22.0. The van der Waals surface area contributed by atoms with Gasteiger partial charge in [0.25, 0.3) is 0 Å². The molecule has 1 aliphatic rings. The Bertz CT molecular complexity index is 973. The molecule has 0 aliphatic carbocycles. The lowest BCUT2D eigenvalue weighted by molar-refractivity contribution is -0.114. The number of hydrogen-bond donors (Lipinski definition) is 1. The normalized spacial score (nSPS) is 20.3. The molecule has 1 N–H and O–H groups in total. The Morgan fingerprint density at radius 2 is 2.30 bits per heavy atom. The molecule has 1 fully saturated rings. The molecule has 1 aliphatic heterocycles. The van der Waals surface area contributed by atoms with Crippen LogP contribution in [0, 0.1) is 5.95 Å². The standard InChI is InChI=1S/C17H19FN6O2S/c1-10-7-12(26-17-20-4-3-14-19-5-6-24(14)17)8-23(10)9-13-15(18)22-16(27-13)21-11(2)25/h3-6,10,12H,7-9H2,1-2H3,(H,21,22,25)/t10-,12+/m0/s1. The zero-order valence-electron chi connectivity index (χ0n) is 14.9. The summed E-state index contributed by atoms with van der Waals surface area (Å²) in [5.41, 5.74) is 0.778. The molecule has 0 bridgehead atoms. The SMILES string of the molecule is CC(=O)Nc1nc(F)c(CN2C[C@H](Oc3nccc4nccn34)C[C@@H]2C)s1. The number of carbonyl (C=O) groups excluding carboxylic acids is 1. The van der Waals surface area contributed by atoms with Gasteiger partial charge in [0.05, 0.1) is 4.88 Å². The van der Waals surface area contributed by atoms with E-state index in [1.165, 1.54) is 6.92 Å². The van der Waals surface area contributed by atoms with E-state index in [4.69, 9.17) is 4.74 Å². The zero-order chi connectivity index (χ0) is 19.0. The summed E-state index contributed by atoms with van der Waals surface area (Å²) in [7, 11) is 0. The van der Waals surface area contributed by atoms with Gasteiger partial charge in [-0.15, -0.1) is 0 Å². The van der Waals surface area contributed by atoms with Crippen LogP contribution in [0.2, 0.25) is 0 Å². The third-order valence-electron chi connectivity index (χ3n) is 4.50. The van der Waals surface area contributed by atoms with Gasteiger partial charge in [0.1, 0.15) is 11.8 Å². The van der Waals surface area contributed by atoms with E-state index in [9.17, 15) is 9.18 Å². The Balaban J connectivity index is 1.43. The van der Waals surface area contributed by atoms with Crippen LogP contribution in [0.1, 0.15) is 25.1 Å². The van der Waals surface area contributed by atoms with Crippen molar-refractivity contribution < 1.29 is 13.9 Å². The van der Waals surface area contributed by atoms with Crippen molar-refractivity contribution in [3.63, 3.8) is 0 Å². The number of amides is 1. The average molecular weight is 390 g/mol. The highest BCUT2D eigenvalue weighted by atomic mass is 32.1. The van der Waals surface area contributed by atoms with Crippen LogP contribution in [-0.2, 0) is 11.3 Å². The minimum Gasteiger partial charge on any atom is -0.460 e. The molecular weight excluding hydrogens is 371 g/mol. The first kappa shape index (κ1) is 17.8. The monoisotopic (exact) mass is 390 g/mol. The largest absolute Gasteiger partial charge is 0.460 e. The van der Waals surface area contributed by atoms with Gasteiger partial charge in [0.15, 0.2) is 5.13 Å². The molecule has 3 aromatic rings. The lowest BCUT2D eigenvalue weighted by atomic mass is 10.2. The highest BCUT2D eigenvalue weighted by Gasteiger charge is 2.32. The van der Waals surface area contributed by atoms with Crippen LogP contribution < -0.4 is 10.1 Å². The van der Waals surface area contributed by atoms with Crippen molar-refractivity contribution in [3.05, 3.63) is 35.5 Å². The van der Waals surface area contributed by atoms with Gasteiger partial charge >= 0.3 is 6.01 Å². The fourth-order valence-corrected chi connectivity index (χ4v) is 4.15. The zero-order valence-corrected chi connectivity index (χ0v) is 15.7. The maximum absolute atomic E-state index is 14.1. The summed E-state index contributed by atoms with van der Waals surface area (Å²) in [5, 5.41) is 2.81. The second-order valence-corrected chi connectivity index (χ2v) is 7.63. The van der Waals surface area contributed by atoms with E-state index in [0.717, 1.165) is 23.4 Å². The van der Waals surface area contributed by atoms with Crippen molar-refractivity contribution in [2.45, 2.75) is 39.0 Å². The van der Waals surface area contributed by atoms with E-state index >= 15 is 0 Å². The Morgan fingerprint density at radius 3 is 3.11 bits per heavy atom. The summed E-state index contributed by atoms with van der Waals surface area (Å²) in [6.07, 6.45) is 5.94.